The van der Waals surface area contributed by atoms with E-state index in [1.54, 1.807) is 0 Å². The highest BCUT2D eigenvalue weighted by atomic mass is 16.5. The van der Waals surface area contributed by atoms with E-state index >= 15 is 0 Å². The van der Waals surface area contributed by atoms with Gasteiger partial charge >= 0.3 is 0 Å². The van der Waals surface area contributed by atoms with Crippen molar-refractivity contribution in [3.63, 3.8) is 0 Å². The molecule has 0 bridgehead atoms. The Labute approximate surface area is 106 Å². The highest BCUT2D eigenvalue weighted by Gasteiger charge is 2.28. The molecule has 0 aliphatic carbocycles. The average Bonchev–Trinajstić information content (AvgIpc) is 2.92. The number of aromatic amines is 1. The number of ether oxygens (including phenoxy) is 1. The summed E-state index contributed by atoms with van der Waals surface area (Å²) in [6.45, 7) is 3.02. The number of hydrogen-bond donors (Lipinski definition) is 1. The van der Waals surface area contributed by atoms with Crippen LogP contribution in [0.5, 0.6) is 0 Å². The Balaban J connectivity index is 2.00. The zero-order valence-electron chi connectivity index (χ0n) is 11.0. The monoisotopic (exact) mass is 246 g/mol. The summed E-state index contributed by atoms with van der Waals surface area (Å²) in [5.41, 5.74) is 1.73. The van der Waals surface area contributed by atoms with Crippen LogP contribution in [0, 0.1) is 5.92 Å². The first-order chi connectivity index (χ1) is 8.65. The molecule has 3 rings (SSSR count). The van der Waals surface area contributed by atoms with Crippen LogP contribution >= 0.6 is 0 Å². The Morgan fingerprint density at radius 1 is 1.33 bits per heavy atom. The van der Waals surface area contributed by atoms with Gasteiger partial charge in [-0.25, -0.2) is 9.97 Å². The van der Waals surface area contributed by atoms with Gasteiger partial charge in [0.2, 0.25) is 0 Å². The molecule has 0 amide bonds. The van der Waals surface area contributed by atoms with Crippen molar-refractivity contribution in [1.82, 2.24) is 15.0 Å². The highest BCUT2D eigenvalue weighted by molar-refractivity contribution is 5.73. The number of pyridine rings is 1. The van der Waals surface area contributed by atoms with Crippen LogP contribution in [0.1, 0.15) is 25.3 Å². The van der Waals surface area contributed by atoms with Crippen LogP contribution in [0.2, 0.25) is 0 Å². The lowest BCUT2D eigenvalue weighted by atomic mass is 10.0. The Bertz CT molecular complexity index is 563. The fourth-order valence-corrected chi connectivity index (χ4v) is 2.33. The van der Waals surface area contributed by atoms with Crippen molar-refractivity contribution in [3.8, 4) is 0 Å². The largest absolute Gasteiger partial charge is 0.370 e. The third kappa shape index (κ3) is 1.84. The van der Waals surface area contributed by atoms with Gasteiger partial charge in [0.25, 0.3) is 0 Å². The van der Waals surface area contributed by atoms with Gasteiger partial charge in [-0.05, 0) is 24.5 Å². The second-order valence-electron chi connectivity index (χ2n) is 5.11. The van der Waals surface area contributed by atoms with Crippen molar-refractivity contribution in [2.45, 2.75) is 19.4 Å². The molecule has 1 saturated heterocycles. The Hall–Kier alpha value is -1.62. The van der Waals surface area contributed by atoms with Crippen molar-refractivity contribution in [1.29, 1.82) is 0 Å². The molecule has 1 aliphatic rings. The topological polar surface area (TPSA) is 54.0 Å². The van der Waals surface area contributed by atoms with E-state index in [2.05, 4.69) is 21.9 Å². The van der Waals surface area contributed by atoms with Gasteiger partial charge in [-0.2, -0.15) is 0 Å². The van der Waals surface area contributed by atoms with Crippen LogP contribution in [-0.2, 0) is 4.74 Å². The zero-order valence-corrected chi connectivity index (χ0v) is 11.0. The molecule has 1 fully saturated rings. The van der Waals surface area contributed by atoms with Crippen LogP contribution in [0.4, 0.5) is 5.82 Å². The van der Waals surface area contributed by atoms with Crippen LogP contribution < -0.4 is 4.90 Å². The number of nitrogens with one attached hydrogen (secondary N) is 1. The minimum atomic E-state index is 0.0852. The first-order valence-electron chi connectivity index (χ1n) is 6.31. The van der Waals surface area contributed by atoms with Crippen molar-refractivity contribution in [2.24, 2.45) is 5.92 Å². The third-order valence-corrected chi connectivity index (χ3v) is 3.46. The first-order valence-corrected chi connectivity index (χ1v) is 6.31. The van der Waals surface area contributed by atoms with Crippen LogP contribution in [-0.4, -0.2) is 35.7 Å². The molecule has 5 nitrogen and oxygen atoms in total. The van der Waals surface area contributed by atoms with Crippen molar-refractivity contribution in [3.05, 3.63) is 18.0 Å². The van der Waals surface area contributed by atoms with Crippen molar-refractivity contribution >= 4 is 17.0 Å². The molecule has 2 aromatic heterocycles. The van der Waals surface area contributed by atoms with E-state index in [9.17, 15) is 0 Å². The standard InChI is InChI=1S/C13H18N4O/c1-8-6-7-18-11(8)13-14-9-4-5-10(17(2)3)15-12(9)16-13/h4-5,8,11H,6-7H2,1-3H3,(H,14,15,16). The van der Waals surface area contributed by atoms with E-state index in [1.807, 2.05) is 31.1 Å². The lowest BCUT2D eigenvalue weighted by molar-refractivity contribution is 0.0882. The summed E-state index contributed by atoms with van der Waals surface area (Å²) in [6.07, 6.45) is 1.18. The van der Waals surface area contributed by atoms with E-state index in [0.717, 1.165) is 35.8 Å². The lowest BCUT2D eigenvalue weighted by Gasteiger charge is -2.10. The zero-order chi connectivity index (χ0) is 12.7. The van der Waals surface area contributed by atoms with E-state index in [1.165, 1.54) is 0 Å². The molecule has 2 aromatic rings. The summed E-state index contributed by atoms with van der Waals surface area (Å²) in [7, 11) is 3.95. The van der Waals surface area contributed by atoms with Crippen molar-refractivity contribution in [2.75, 3.05) is 25.6 Å². The summed E-state index contributed by atoms with van der Waals surface area (Å²) in [6, 6.07) is 4.01. The molecule has 1 aliphatic heterocycles. The van der Waals surface area contributed by atoms with Crippen LogP contribution in [0.25, 0.3) is 11.2 Å². The minimum absolute atomic E-state index is 0.0852. The fourth-order valence-electron chi connectivity index (χ4n) is 2.33. The first kappa shape index (κ1) is 11.5. The Morgan fingerprint density at radius 2 is 2.17 bits per heavy atom. The van der Waals surface area contributed by atoms with Gasteiger partial charge in [-0.1, -0.05) is 6.92 Å². The Kier molecular flexibility index (Phi) is 2.70. The number of nitrogens with zero attached hydrogens (tertiary/aromatic N) is 3. The summed E-state index contributed by atoms with van der Waals surface area (Å²) >= 11 is 0. The predicted octanol–water partition coefficient (Wildman–Crippen LogP) is 2.12. The number of fused-ring (bicyclic) bond motifs is 1. The maximum absolute atomic E-state index is 5.73. The summed E-state index contributed by atoms with van der Waals surface area (Å²) in [5.74, 6) is 2.33. The van der Waals surface area contributed by atoms with Gasteiger partial charge in [0.1, 0.15) is 17.7 Å². The third-order valence-electron chi connectivity index (χ3n) is 3.46. The van der Waals surface area contributed by atoms with Crippen LogP contribution in [0.3, 0.4) is 0 Å². The number of H-pyrrole nitrogens is 1. The molecular weight excluding hydrogens is 228 g/mol. The number of imidazole rings is 1. The predicted molar refractivity (Wildman–Crippen MR) is 70.7 cm³/mol. The SMILES string of the molecule is CC1CCOC1c1nc2nc(N(C)C)ccc2[nH]1. The van der Waals surface area contributed by atoms with E-state index in [0.29, 0.717) is 5.92 Å². The molecule has 0 saturated carbocycles. The lowest BCUT2D eigenvalue weighted by Crippen LogP contribution is -2.10. The maximum Gasteiger partial charge on any atom is 0.179 e. The van der Waals surface area contributed by atoms with E-state index in [-0.39, 0.29) is 6.10 Å². The number of aromatic nitrogens is 3. The number of anilines is 1. The average molecular weight is 246 g/mol. The summed E-state index contributed by atoms with van der Waals surface area (Å²) in [4.78, 5) is 14.4. The number of hydrogen-bond acceptors (Lipinski definition) is 4. The molecule has 5 heteroatoms. The normalized spacial score (nSPS) is 23.7. The highest BCUT2D eigenvalue weighted by Crippen LogP contribution is 2.33. The second kappa shape index (κ2) is 4.24. The molecule has 18 heavy (non-hydrogen) atoms. The molecule has 3 heterocycles. The van der Waals surface area contributed by atoms with Gasteiger partial charge in [-0.3, -0.25) is 0 Å². The van der Waals surface area contributed by atoms with Gasteiger partial charge in [0, 0.05) is 20.7 Å². The van der Waals surface area contributed by atoms with Gasteiger partial charge < -0.3 is 14.6 Å². The minimum Gasteiger partial charge on any atom is -0.370 e. The van der Waals surface area contributed by atoms with Crippen LogP contribution in [0.15, 0.2) is 12.1 Å². The maximum atomic E-state index is 5.73. The second-order valence-corrected chi connectivity index (χ2v) is 5.11. The Morgan fingerprint density at radius 3 is 2.83 bits per heavy atom. The molecular formula is C13H18N4O. The molecule has 0 spiro atoms. The molecule has 0 radical (unpaired) electrons. The van der Waals surface area contributed by atoms with E-state index in [4.69, 9.17) is 4.74 Å². The smallest absolute Gasteiger partial charge is 0.179 e. The molecule has 1 N–H and O–H groups in total. The van der Waals surface area contributed by atoms with Crippen molar-refractivity contribution < 1.29 is 4.74 Å². The summed E-state index contributed by atoms with van der Waals surface area (Å²) < 4.78 is 5.73. The van der Waals surface area contributed by atoms with Gasteiger partial charge in [0.15, 0.2) is 5.65 Å². The molecule has 2 atom stereocenters. The molecule has 0 aromatic carbocycles. The van der Waals surface area contributed by atoms with Gasteiger partial charge in [-0.15, -0.1) is 0 Å². The molecule has 2 unspecified atom stereocenters. The summed E-state index contributed by atoms with van der Waals surface area (Å²) in [5, 5.41) is 0. The molecule has 96 valence electrons. The quantitative estimate of drug-likeness (QED) is 0.882. The van der Waals surface area contributed by atoms with Gasteiger partial charge in [0.05, 0.1) is 5.52 Å². The van der Waals surface area contributed by atoms with E-state index < -0.39 is 0 Å². The fraction of sp³-hybridized carbons (Fsp3) is 0.538. The number of rotatable bonds is 2.